The molecule has 0 heterocycles. The molecule has 0 atom stereocenters. The first kappa shape index (κ1) is 13.8. The van der Waals surface area contributed by atoms with E-state index in [0.29, 0.717) is 0 Å². The van der Waals surface area contributed by atoms with E-state index in [1.165, 1.54) is 23.1 Å². The topological polar surface area (TPSA) is 44.1 Å². The molecule has 19 heavy (non-hydrogen) atoms. The zero-order valence-corrected chi connectivity index (χ0v) is 11.2. The molecule has 1 amide bonds. The molecule has 1 saturated carbocycles. The highest BCUT2D eigenvalue weighted by Crippen LogP contribution is 2.27. The SMILES string of the molecule is N#CCN(C(=O)c1cccc(F)c1Cl)C1CCCC1. The summed E-state index contributed by atoms with van der Waals surface area (Å²) in [6.45, 7) is 0.0103. The average molecular weight is 281 g/mol. The number of rotatable bonds is 3. The van der Waals surface area contributed by atoms with Crippen LogP contribution in [0.2, 0.25) is 5.02 Å². The summed E-state index contributed by atoms with van der Waals surface area (Å²) in [6.07, 6.45) is 3.88. The monoisotopic (exact) mass is 280 g/mol. The highest BCUT2D eigenvalue weighted by molar-refractivity contribution is 6.34. The van der Waals surface area contributed by atoms with Crippen LogP contribution in [0.25, 0.3) is 0 Å². The maximum atomic E-state index is 13.4. The standard InChI is InChI=1S/C14H14ClFN2O/c15-13-11(6-3-7-12(13)16)14(19)18(9-8-17)10-4-1-2-5-10/h3,6-7,10H,1-2,4-5,9H2. The summed E-state index contributed by atoms with van der Waals surface area (Å²) in [6, 6.07) is 6.22. The number of hydrogen-bond acceptors (Lipinski definition) is 2. The maximum absolute atomic E-state index is 13.4. The van der Waals surface area contributed by atoms with Gasteiger partial charge in [-0.3, -0.25) is 4.79 Å². The van der Waals surface area contributed by atoms with Crippen molar-refractivity contribution in [2.24, 2.45) is 0 Å². The van der Waals surface area contributed by atoms with Gasteiger partial charge < -0.3 is 4.90 Å². The predicted octanol–water partition coefficient (Wildman–Crippen LogP) is 3.39. The van der Waals surface area contributed by atoms with Gasteiger partial charge in [-0.1, -0.05) is 30.5 Å². The van der Waals surface area contributed by atoms with E-state index in [9.17, 15) is 9.18 Å². The third-order valence-electron chi connectivity index (χ3n) is 3.45. The van der Waals surface area contributed by atoms with E-state index in [1.54, 1.807) is 0 Å². The lowest BCUT2D eigenvalue weighted by molar-refractivity contribution is 0.0709. The number of amides is 1. The van der Waals surface area contributed by atoms with E-state index in [0.717, 1.165) is 25.7 Å². The molecule has 0 aromatic heterocycles. The van der Waals surface area contributed by atoms with Crippen molar-refractivity contribution in [1.29, 1.82) is 5.26 Å². The van der Waals surface area contributed by atoms with Gasteiger partial charge in [-0.25, -0.2) is 4.39 Å². The summed E-state index contributed by atoms with van der Waals surface area (Å²) < 4.78 is 13.4. The van der Waals surface area contributed by atoms with Gasteiger partial charge in [0.25, 0.3) is 5.91 Å². The van der Waals surface area contributed by atoms with Gasteiger partial charge >= 0.3 is 0 Å². The molecule has 1 aliphatic carbocycles. The molecule has 0 radical (unpaired) electrons. The molecule has 0 unspecified atom stereocenters. The lowest BCUT2D eigenvalue weighted by atomic mass is 10.1. The minimum atomic E-state index is -0.615. The predicted molar refractivity (Wildman–Crippen MR) is 70.3 cm³/mol. The number of nitriles is 1. The second-order valence-corrected chi connectivity index (χ2v) is 5.01. The molecule has 0 N–H and O–H groups in total. The van der Waals surface area contributed by atoms with Crippen LogP contribution in [-0.2, 0) is 0 Å². The number of hydrogen-bond donors (Lipinski definition) is 0. The Kier molecular flexibility index (Phi) is 4.39. The Morgan fingerprint density at radius 1 is 1.47 bits per heavy atom. The lowest BCUT2D eigenvalue weighted by Gasteiger charge is -2.26. The molecule has 0 spiro atoms. The van der Waals surface area contributed by atoms with E-state index in [4.69, 9.17) is 16.9 Å². The van der Waals surface area contributed by atoms with E-state index in [2.05, 4.69) is 0 Å². The van der Waals surface area contributed by atoms with Crippen molar-refractivity contribution < 1.29 is 9.18 Å². The van der Waals surface area contributed by atoms with Crippen molar-refractivity contribution in [1.82, 2.24) is 4.90 Å². The summed E-state index contributed by atoms with van der Waals surface area (Å²) in [5, 5.41) is 8.69. The smallest absolute Gasteiger partial charge is 0.256 e. The van der Waals surface area contributed by atoms with Crippen LogP contribution in [0.1, 0.15) is 36.0 Å². The van der Waals surface area contributed by atoms with Gasteiger partial charge in [0, 0.05) is 6.04 Å². The van der Waals surface area contributed by atoms with Gasteiger partial charge in [0.05, 0.1) is 16.7 Å². The zero-order valence-electron chi connectivity index (χ0n) is 10.4. The molecule has 1 aromatic rings. The summed E-state index contributed by atoms with van der Waals surface area (Å²) in [7, 11) is 0. The van der Waals surface area contributed by atoms with Crippen LogP contribution < -0.4 is 0 Å². The third-order valence-corrected chi connectivity index (χ3v) is 3.83. The van der Waals surface area contributed by atoms with Gasteiger partial charge in [-0.05, 0) is 25.0 Å². The Labute approximate surface area is 116 Å². The molecule has 5 heteroatoms. The van der Waals surface area contributed by atoms with E-state index in [1.807, 2.05) is 6.07 Å². The van der Waals surface area contributed by atoms with Gasteiger partial charge in [-0.15, -0.1) is 0 Å². The van der Waals surface area contributed by atoms with E-state index in [-0.39, 0.29) is 29.1 Å². The highest BCUT2D eigenvalue weighted by atomic mass is 35.5. The molecule has 0 aliphatic heterocycles. The number of carbonyl (C=O) groups excluding carboxylic acids is 1. The summed E-state index contributed by atoms with van der Waals surface area (Å²) in [5.74, 6) is -0.978. The number of carbonyl (C=O) groups is 1. The first-order valence-electron chi connectivity index (χ1n) is 6.27. The minimum absolute atomic E-state index is 0.0103. The van der Waals surface area contributed by atoms with Crippen molar-refractivity contribution in [2.45, 2.75) is 31.7 Å². The fourth-order valence-corrected chi connectivity index (χ4v) is 2.69. The molecule has 1 fully saturated rings. The molecular weight excluding hydrogens is 267 g/mol. The molecule has 0 saturated heterocycles. The Balaban J connectivity index is 2.28. The van der Waals surface area contributed by atoms with Gasteiger partial charge in [-0.2, -0.15) is 5.26 Å². The second kappa shape index (κ2) is 6.03. The Hall–Kier alpha value is -1.60. The van der Waals surface area contributed by atoms with Crippen LogP contribution in [0, 0.1) is 17.1 Å². The van der Waals surface area contributed by atoms with Crippen molar-refractivity contribution in [3.05, 3.63) is 34.6 Å². The summed E-state index contributed by atoms with van der Waals surface area (Å²) in [5.41, 5.74) is 0.129. The molecule has 3 nitrogen and oxygen atoms in total. The van der Waals surface area contributed by atoms with Gasteiger partial charge in [0.1, 0.15) is 12.4 Å². The normalized spacial score (nSPS) is 15.2. The minimum Gasteiger partial charge on any atom is -0.322 e. The summed E-state index contributed by atoms with van der Waals surface area (Å²) >= 11 is 5.83. The molecule has 1 aromatic carbocycles. The molecular formula is C14H14ClFN2O. The van der Waals surface area contributed by atoms with Gasteiger partial charge in [0.2, 0.25) is 0 Å². The largest absolute Gasteiger partial charge is 0.322 e. The van der Waals surface area contributed by atoms with E-state index >= 15 is 0 Å². The van der Waals surface area contributed by atoms with Crippen LogP contribution in [0.15, 0.2) is 18.2 Å². The lowest BCUT2D eigenvalue weighted by Crippen LogP contribution is -2.39. The number of halogens is 2. The number of benzene rings is 1. The summed E-state index contributed by atoms with van der Waals surface area (Å²) in [4.78, 5) is 13.9. The van der Waals surface area contributed by atoms with Crippen LogP contribution in [-0.4, -0.2) is 23.4 Å². The van der Waals surface area contributed by atoms with Crippen molar-refractivity contribution >= 4 is 17.5 Å². The first-order chi connectivity index (χ1) is 9.15. The van der Waals surface area contributed by atoms with Gasteiger partial charge in [0.15, 0.2) is 0 Å². The number of nitrogens with zero attached hydrogens (tertiary/aromatic N) is 2. The Morgan fingerprint density at radius 3 is 2.79 bits per heavy atom. The van der Waals surface area contributed by atoms with Crippen molar-refractivity contribution in [3.63, 3.8) is 0 Å². The Morgan fingerprint density at radius 2 is 2.16 bits per heavy atom. The van der Waals surface area contributed by atoms with Crippen molar-refractivity contribution in [2.75, 3.05) is 6.54 Å². The zero-order chi connectivity index (χ0) is 13.8. The average Bonchev–Trinajstić information content (AvgIpc) is 2.92. The second-order valence-electron chi connectivity index (χ2n) is 4.63. The quantitative estimate of drug-likeness (QED) is 0.797. The molecule has 1 aliphatic rings. The molecule has 100 valence electrons. The third kappa shape index (κ3) is 2.87. The molecule has 2 rings (SSSR count). The van der Waals surface area contributed by atoms with Crippen LogP contribution in [0.5, 0.6) is 0 Å². The fourth-order valence-electron chi connectivity index (χ4n) is 2.48. The highest BCUT2D eigenvalue weighted by Gasteiger charge is 2.28. The van der Waals surface area contributed by atoms with E-state index < -0.39 is 5.82 Å². The fraction of sp³-hybridized carbons (Fsp3) is 0.429. The van der Waals surface area contributed by atoms with Crippen LogP contribution in [0.3, 0.4) is 0 Å². The van der Waals surface area contributed by atoms with Crippen molar-refractivity contribution in [3.8, 4) is 6.07 Å². The maximum Gasteiger partial charge on any atom is 0.256 e. The first-order valence-corrected chi connectivity index (χ1v) is 6.65. The van der Waals surface area contributed by atoms with Crippen LogP contribution >= 0.6 is 11.6 Å². The Bertz CT molecular complexity index is 521. The molecule has 0 bridgehead atoms. The van der Waals surface area contributed by atoms with Crippen LogP contribution in [0.4, 0.5) is 4.39 Å².